The van der Waals surface area contributed by atoms with E-state index in [1.807, 2.05) is 84.9 Å². The van der Waals surface area contributed by atoms with Gasteiger partial charge in [0.05, 0.1) is 0 Å². The normalized spacial score (nSPS) is 10.3. The molecule has 4 rings (SSSR count). The van der Waals surface area contributed by atoms with E-state index in [0.717, 1.165) is 22.3 Å². The maximum atomic E-state index is 12.4. The van der Waals surface area contributed by atoms with Gasteiger partial charge < -0.3 is 10.2 Å². The zero-order valence-electron chi connectivity index (χ0n) is 15.5. The molecule has 132 valence electrons. The Hall–Kier alpha value is -2.26. The summed E-state index contributed by atoms with van der Waals surface area (Å²) in [7, 11) is 0. The summed E-state index contributed by atoms with van der Waals surface area (Å²) in [6.07, 6.45) is 0.332. The van der Waals surface area contributed by atoms with Gasteiger partial charge in [0.1, 0.15) is 0 Å². The van der Waals surface area contributed by atoms with Gasteiger partial charge in [-0.1, -0.05) is 108 Å². The van der Waals surface area contributed by atoms with Crippen molar-refractivity contribution < 1.29 is 10.2 Å². The Labute approximate surface area is 195 Å². The maximum absolute atomic E-state index is 12.4. The summed E-state index contributed by atoms with van der Waals surface area (Å²) in [5, 5.41) is 24.7. The molecule has 0 saturated carbocycles. The van der Waals surface area contributed by atoms with E-state index in [0.29, 0.717) is 17.5 Å². The number of hydrogen-bond donors (Lipinski definition) is 0. The molecular weight excluding hydrogens is 372 g/mol. The SMILES string of the molecule is [Ca+2].[O-]c1ccc(-c2ccccc2)cc1Cc1cc(-c2ccccc2)ccc1[O-]. The van der Waals surface area contributed by atoms with E-state index in [4.69, 9.17) is 0 Å². The van der Waals surface area contributed by atoms with Crippen molar-refractivity contribution in [2.75, 3.05) is 0 Å². The Morgan fingerprint density at radius 2 is 0.857 bits per heavy atom. The summed E-state index contributed by atoms with van der Waals surface area (Å²) in [5.41, 5.74) is 5.35. The van der Waals surface area contributed by atoms with Crippen LogP contribution < -0.4 is 10.2 Å². The van der Waals surface area contributed by atoms with Gasteiger partial charge in [0, 0.05) is 0 Å². The van der Waals surface area contributed by atoms with Crippen molar-refractivity contribution in [3.05, 3.63) is 108 Å². The second-order valence-corrected chi connectivity index (χ2v) is 6.55. The minimum Gasteiger partial charge on any atom is -0.872 e. The second kappa shape index (κ2) is 9.29. The van der Waals surface area contributed by atoms with Gasteiger partial charge in [-0.05, 0) is 28.7 Å². The van der Waals surface area contributed by atoms with Crippen molar-refractivity contribution in [2.24, 2.45) is 0 Å². The third-order valence-corrected chi connectivity index (χ3v) is 4.72. The minimum atomic E-state index is -0.0424. The molecule has 0 amide bonds. The molecule has 0 atom stereocenters. The molecule has 28 heavy (non-hydrogen) atoms. The average Bonchev–Trinajstić information content (AvgIpc) is 2.72. The first-order chi connectivity index (χ1) is 13.2. The average molecular weight is 390 g/mol. The van der Waals surface area contributed by atoms with E-state index >= 15 is 0 Å². The van der Waals surface area contributed by atoms with E-state index in [1.165, 1.54) is 0 Å². The Balaban J connectivity index is 0.00000225. The van der Waals surface area contributed by atoms with Crippen LogP contribution in [0.4, 0.5) is 0 Å². The Morgan fingerprint density at radius 1 is 0.464 bits per heavy atom. The molecule has 0 aliphatic heterocycles. The van der Waals surface area contributed by atoms with Crippen LogP contribution in [0, 0.1) is 0 Å². The van der Waals surface area contributed by atoms with E-state index in [-0.39, 0.29) is 49.2 Å². The molecule has 0 unspecified atom stereocenters. The molecule has 4 aromatic carbocycles. The van der Waals surface area contributed by atoms with Gasteiger partial charge in [-0.3, -0.25) is 0 Å². The van der Waals surface area contributed by atoms with Crippen LogP contribution in [-0.2, 0) is 6.42 Å². The van der Waals surface area contributed by atoms with Crippen LogP contribution in [-0.4, -0.2) is 37.7 Å². The molecule has 0 heterocycles. The van der Waals surface area contributed by atoms with Gasteiger partial charge in [-0.25, -0.2) is 0 Å². The molecule has 0 aromatic heterocycles. The zero-order chi connectivity index (χ0) is 18.6. The molecule has 0 fully saturated rings. The molecule has 0 spiro atoms. The molecule has 0 saturated heterocycles. The van der Waals surface area contributed by atoms with Gasteiger partial charge >= 0.3 is 37.7 Å². The standard InChI is InChI=1S/C25H20O2.Ca/c26-24-13-11-20(18-7-3-1-4-8-18)15-22(24)17-23-16-21(12-14-25(23)27)19-9-5-2-6-10-19;/h1-16,26-27H,17H2;/q;+2/p-2. The predicted molar refractivity (Wildman–Crippen MR) is 111 cm³/mol. The molecule has 2 nitrogen and oxygen atoms in total. The van der Waals surface area contributed by atoms with Gasteiger partial charge in [-0.15, -0.1) is 11.5 Å². The van der Waals surface area contributed by atoms with Crippen LogP contribution in [0.5, 0.6) is 11.5 Å². The molecular formula is C25H18CaO2. The minimum absolute atomic E-state index is 0. The monoisotopic (exact) mass is 390 g/mol. The van der Waals surface area contributed by atoms with Crippen molar-refractivity contribution in [3.63, 3.8) is 0 Å². The first kappa shape index (κ1) is 20.5. The largest absolute Gasteiger partial charge is 2.00 e. The first-order valence-corrected chi connectivity index (χ1v) is 8.91. The number of benzene rings is 4. The molecule has 0 aliphatic rings. The summed E-state index contributed by atoms with van der Waals surface area (Å²) < 4.78 is 0. The van der Waals surface area contributed by atoms with E-state index in [2.05, 4.69) is 0 Å². The maximum Gasteiger partial charge on any atom is 2.00 e. The summed E-state index contributed by atoms with van der Waals surface area (Å²) in [6, 6.07) is 30.5. The van der Waals surface area contributed by atoms with Crippen molar-refractivity contribution in [1.29, 1.82) is 0 Å². The smallest absolute Gasteiger partial charge is 0.872 e. The second-order valence-electron chi connectivity index (χ2n) is 6.55. The summed E-state index contributed by atoms with van der Waals surface area (Å²) in [6.45, 7) is 0. The van der Waals surface area contributed by atoms with Gasteiger partial charge in [0.2, 0.25) is 0 Å². The third kappa shape index (κ3) is 4.59. The topological polar surface area (TPSA) is 46.1 Å². The molecule has 3 heteroatoms. The molecule has 0 bridgehead atoms. The van der Waals surface area contributed by atoms with Gasteiger partial charge in [0.15, 0.2) is 0 Å². The van der Waals surface area contributed by atoms with E-state index in [1.54, 1.807) is 12.1 Å². The van der Waals surface area contributed by atoms with E-state index in [9.17, 15) is 10.2 Å². The Bertz CT molecular complexity index is 973. The fourth-order valence-corrected chi connectivity index (χ4v) is 3.26. The Morgan fingerprint density at radius 3 is 1.25 bits per heavy atom. The number of rotatable bonds is 4. The van der Waals surface area contributed by atoms with Gasteiger partial charge in [-0.2, -0.15) is 0 Å². The predicted octanol–water partition coefficient (Wildman–Crippen LogP) is 4.38. The van der Waals surface area contributed by atoms with Crippen LogP contribution in [0.2, 0.25) is 0 Å². The van der Waals surface area contributed by atoms with Crippen molar-refractivity contribution in [1.82, 2.24) is 0 Å². The van der Waals surface area contributed by atoms with Crippen LogP contribution in [0.25, 0.3) is 22.3 Å². The van der Waals surface area contributed by atoms with Crippen molar-refractivity contribution >= 4 is 37.7 Å². The number of hydrogen-bond acceptors (Lipinski definition) is 2. The van der Waals surface area contributed by atoms with Crippen molar-refractivity contribution in [3.8, 4) is 33.8 Å². The Kier molecular flexibility index (Phi) is 6.79. The molecule has 0 radical (unpaired) electrons. The first-order valence-electron chi connectivity index (χ1n) is 8.91. The van der Waals surface area contributed by atoms with Crippen LogP contribution in [0.3, 0.4) is 0 Å². The van der Waals surface area contributed by atoms with Gasteiger partial charge in [0.25, 0.3) is 0 Å². The van der Waals surface area contributed by atoms with Crippen LogP contribution in [0.15, 0.2) is 97.1 Å². The van der Waals surface area contributed by atoms with E-state index < -0.39 is 0 Å². The summed E-state index contributed by atoms with van der Waals surface area (Å²) in [5.74, 6) is -0.0848. The fourth-order valence-electron chi connectivity index (χ4n) is 3.26. The molecule has 0 N–H and O–H groups in total. The quantitative estimate of drug-likeness (QED) is 0.486. The van der Waals surface area contributed by atoms with Crippen LogP contribution in [0.1, 0.15) is 11.1 Å². The zero-order valence-corrected chi connectivity index (χ0v) is 17.7. The molecule has 4 aromatic rings. The molecule has 0 aliphatic carbocycles. The summed E-state index contributed by atoms with van der Waals surface area (Å²) in [4.78, 5) is 0. The fraction of sp³-hybridized carbons (Fsp3) is 0.0400. The summed E-state index contributed by atoms with van der Waals surface area (Å²) >= 11 is 0. The van der Waals surface area contributed by atoms with Crippen LogP contribution >= 0.6 is 0 Å². The third-order valence-electron chi connectivity index (χ3n) is 4.72. The van der Waals surface area contributed by atoms with Crippen molar-refractivity contribution in [2.45, 2.75) is 6.42 Å².